The second-order valence-electron chi connectivity index (χ2n) is 8.90. The largest absolute Gasteiger partial charge is 0.489 e. The van der Waals surface area contributed by atoms with Gasteiger partial charge in [-0.3, -0.25) is 4.79 Å². The molecule has 4 nitrogen and oxygen atoms in total. The molecule has 3 N–H and O–H groups in total. The second-order valence-corrected chi connectivity index (χ2v) is 9.31. The molecule has 0 bridgehead atoms. The van der Waals surface area contributed by atoms with Crippen molar-refractivity contribution in [3.05, 3.63) is 112 Å². The summed E-state index contributed by atoms with van der Waals surface area (Å²) in [5, 5.41) is 1.84. The molecule has 4 aromatic rings. The molecule has 0 unspecified atom stereocenters. The molecule has 1 heterocycles. The maximum atomic E-state index is 12.1. The second kappa shape index (κ2) is 9.05. The average molecular weight is 459 g/mol. The molecule has 0 aliphatic heterocycles. The van der Waals surface area contributed by atoms with E-state index in [1.54, 1.807) is 12.3 Å². The summed E-state index contributed by atoms with van der Waals surface area (Å²) in [5.74, 6) is 0.624. The first-order chi connectivity index (χ1) is 16.1. The number of ether oxygens (including phenoxy) is 1. The highest BCUT2D eigenvalue weighted by Crippen LogP contribution is 2.48. The third kappa shape index (κ3) is 4.17. The molecule has 3 aromatic carbocycles. The van der Waals surface area contributed by atoms with Crippen LogP contribution in [0.15, 0.2) is 89.9 Å². The van der Waals surface area contributed by atoms with Crippen molar-refractivity contribution in [2.45, 2.75) is 43.2 Å². The lowest BCUT2D eigenvalue weighted by Gasteiger charge is -2.45. The van der Waals surface area contributed by atoms with Gasteiger partial charge in [0, 0.05) is 23.0 Å². The van der Waals surface area contributed by atoms with Gasteiger partial charge < -0.3 is 15.5 Å². The van der Waals surface area contributed by atoms with Crippen molar-refractivity contribution in [3.63, 3.8) is 0 Å². The summed E-state index contributed by atoms with van der Waals surface area (Å²) in [7, 11) is 0. The first-order valence-electron chi connectivity index (χ1n) is 11.4. The Hall–Kier alpha value is -3.08. The minimum absolute atomic E-state index is 0.0433. The molecule has 1 atom stereocenters. The predicted octanol–water partition coefficient (Wildman–Crippen LogP) is 6.14. The standard InChI is InChI=1S/C28H27ClN2O2/c29-24-18-23-20(13-16-31-27(23)32)17-25(24)33-22-11-14-28(15-12-22,21-9-5-2-6-10-21)26(30)19-7-3-1-4-8-19/h1-10,13,16-18,22,26H,11-12,14-15,30H2,(H,31,32)/t22-,26-,28+/m1/s1. The smallest absolute Gasteiger partial charge is 0.255 e. The fourth-order valence-corrected chi connectivity index (χ4v) is 5.42. The van der Waals surface area contributed by atoms with Crippen molar-refractivity contribution in [1.82, 2.24) is 4.98 Å². The Kier molecular flexibility index (Phi) is 5.96. The first-order valence-corrected chi connectivity index (χ1v) is 11.8. The fourth-order valence-electron chi connectivity index (χ4n) is 5.21. The molecule has 1 aliphatic carbocycles. The van der Waals surface area contributed by atoms with Gasteiger partial charge in [-0.1, -0.05) is 72.3 Å². The lowest BCUT2D eigenvalue weighted by molar-refractivity contribution is 0.104. The molecule has 0 radical (unpaired) electrons. The van der Waals surface area contributed by atoms with E-state index in [9.17, 15) is 4.79 Å². The van der Waals surface area contributed by atoms with Crippen LogP contribution < -0.4 is 16.0 Å². The quantitative estimate of drug-likeness (QED) is 0.377. The van der Waals surface area contributed by atoms with E-state index in [4.69, 9.17) is 22.1 Å². The molecule has 0 amide bonds. The van der Waals surface area contributed by atoms with Crippen LogP contribution in [0.25, 0.3) is 10.8 Å². The van der Waals surface area contributed by atoms with Crippen LogP contribution in [0, 0.1) is 0 Å². The third-order valence-electron chi connectivity index (χ3n) is 7.05. The molecule has 1 aliphatic rings. The Morgan fingerprint density at radius 3 is 2.33 bits per heavy atom. The van der Waals surface area contributed by atoms with E-state index >= 15 is 0 Å². The molecule has 1 saturated carbocycles. The molecule has 1 aromatic heterocycles. The monoisotopic (exact) mass is 458 g/mol. The van der Waals surface area contributed by atoms with Crippen LogP contribution in [0.3, 0.4) is 0 Å². The van der Waals surface area contributed by atoms with Crippen LogP contribution >= 0.6 is 11.6 Å². The molecule has 5 heteroatoms. The zero-order valence-electron chi connectivity index (χ0n) is 18.3. The summed E-state index contributed by atoms with van der Waals surface area (Å²) in [6.45, 7) is 0. The third-order valence-corrected chi connectivity index (χ3v) is 7.34. The highest BCUT2D eigenvalue weighted by Gasteiger charge is 2.43. The Bertz CT molecular complexity index is 1300. The van der Waals surface area contributed by atoms with Gasteiger partial charge >= 0.3 is 0 Å². The van der Waals surface area contributed by atoms with Crippen molar-refractivity contribution in [2.24, 2.45) is 5.73 Å². The van der Waals surface area contributed by atoms with Crippen LogP contribution in [0.4, 0.5) is 0 Å². The van der Waals surface area contributed by atoms with Gasteiger partial charge in [-0.2, -0.15) is 0 Å². The van der Waals surface area contributed by atoms with Crippen LogP contribution in [0.5, 0.6) is 5.75 Å². The van der Waals surface area contributed by atoms with E-state index in [0.717, 1.165) is 36.6 Å². The Morgan fingerprint density at radius 2 is 1.64 bits per heavy atom. The molecule has 33 heavy (non-hydrogen) atoms. The molecule has 5 rings (SSSR count). The van der Waals surface area contributed by atoms with Gasteiger partial charge in [-0.15, -0.1) is 0 Å². The van der Waals surface area contributed by atoms with Crippen molar-refractivity contribution >= 4 is 22.4 Å². The first kappa shape index (κ1) is 21.7. The van der Waals surface area contributed by atoms with Crippen LogP contribution in [0.2, 0.25) is 5.02 Å². The zero-order valence-corrected chi connectivity index (χ0v) is 19.1. The SMILES string of the molecule is N[C@H](c1ccccc1)[C@]1(c2ccccc2)CC[C@H](Oc2cc3cc[nH]c(=O)c3cc2Cl)CC1. The summed E-state index contributed by atoms with van der Waals surface area (Å²) >= 11 is 6.48. The van der Waals surface area contributed by atoms with Gasteiger partial charge in [0.15, 0.2) is 0 Å². The predicted molar refractivity (Wildman–Crippen MR) is 134 cm³/mol. The summed E-state index contributed by atoms with van der Waals surface area (Å²) < 4.78 is 6.36. The van der Waals surface area contributed by atoms with Crippen molar-refractivity contribution in [3.8, 4) is 5.75 Å². The van der Waals surface area contributed by atoms with Crippen LogP contribution in [-0.4, -0.2) is 11.1 Å². The van der Waals surface area contributed by atoms with E-state index < -0.39 is 0 Å². The molecule has 1 fully saturated rings. The van der Waals surface area contributed by atoms with E-state index in [-0.39, 0.29) is 23.1 Å². The number of halogens is 1. The number of H-pyrrole nitrogens is 1. The Balaban J connectivity index is 1.40. The minimum Gasteiger partial charge on any atom is -0.489 e. The number of rotatable bonds is 5. The number of nitrogens with two attached hydrogens (primary N) is 1. The average Bonchev–Trinajstić information content (AvgIpc) is 2.86. The molecular weight excluding hydrogens is 432 g/mol. The summed E-state index contributed by atoms with van der Waals surface area (Å²) in [5.41, 5.74) is 9.08. The topological polar surface area (TPSA) is 68.1 Å². The van der Waals surface area contributed by atoms with Gasteiger partial charge in [0.1, 0.15) is 5.75 Å². The Labute approximate surface area is 198 Å². The number of hydrogen-bond acceptors (Lipinski definition) is 3. The fraction of sp³-hybridized carbons (Fsp3) is 0.250. The normalized spacial score (nSPS) is 21.6. The number of pyridine rings is 1. The number of aromatic amines is 1. The van der Waals surface area contributed by atoms with E-state index in [0.29, 0.717) is 16.2 Å². The van der Waals surface area contributed by atoms with E-state index in [2.05, 4.69) is 53.5 Å². The lowest BCUT2D eigenvalue weighted by atomic mass is 9.63. The number of aromatic nitrogens is 1. The van der Waals surface area contributed by atoms with Crippen LogP contribution in [-0.2, 0) is 5.41 Å². The van der Waals surface area contributed by atoms with Gasteiger partial charge in [-0.05, 0) is 60.4 Å². The number of fused-ring (bicyclic) bond motifs is 1. The minimum atomic E-state index is -0.152. The van der Waals surface area contributed by atoms with Gasteiger partial charge in [0.25, 0.3) is 5.56 Å². The van der Waals surface area contributed by atoms with Gasteiger partial charge in [0.05, 0.1) is 11.1 Å². The number of hydrogen-bond donors (Lipinski definition) is 2. The molecular formula is C28H27ClN2O2. The van der Waals surface area contributed by atoms with E-state index in [1.807, 2.05) is 24.3 Å². The highest BCUT2D eigenvalue weighted by atomic mass is 35.5. The van der Waals surface area contributed by atoms with Gasteiger partial charge in [0.2, 0.25) is 0 Å². The lowest BCUT2D eigenvalue weighted by Crippen LogP contribution is -2.43. The van der Waals surface area contributed by atoms with Gasteiger partial charge in [-0.25, -0.2) is 0 Å². The number of benzene rings is 3. The summed E-state index contributed by atoms with van der Waals surface area (Å²) in [6.07, 6.45) is 5.27. The maximum absolute atomic E-state index is 12.1. The molecule has 0 spiro atoms. The van der Waals surface area contributed by atoms with Crippen molar-refractivity contribution in [2.75, 3.05) is 0 Å². The molecule has 0 saturated heterocycles. The maximum Gasteiger partial charge on any atom is 0.255 e. The Morgan fingerprint density at radius 1 is 0.970 bits per heavy atom. The zero-order chi connectivity index (χ0) is 22.8. The van der Waals surface area contributed by atoms with Crippen molar-refractivity contribution < 1.29 is 4.74 Å². The van der Waals surface area contributed by atoms with E-state index in [1.165, 1.54) is 5.56 Å². The van der Waals surface area contributed by atoms with Crippen molar-refractivity contribution in [1.29, 1.82) is 0 Å². The summed E-state index contributed by atoms with van der Waals surface area (Å²) in [6, 6.07) is 26.3. The number of nitrogens with one attached hydrogen (secondary N) is 1. The highest BCUT2D eigenvalue weighted by molar-refractivity contribution is 6.32. The van der Waals surface area contributed by atoms with Crippen LogP contribution in [0.1, 0.15) is 42.9 Å². The summed E-state index contributed by atoms with van der Waals surface area (Å²) in [4.78, 5) is 14.7. The molecule has 168 valence electrons.